The molecule has 5 rings (SSSR count). The summed E-state index contributed by atoms with van der Waals surface area (Å²) < 4.78 is 1.87. The van der Waals surface area contributed by atoms with Crippen molar-refractivity contribution in [2.24, 2.45) is 0 Å². The second-order valence-corrected chi connectivity index (χ2v) is 8.37. The maximum atomic E-state index is 12.5. The number of rotatable bonds is 6. The highest BCUT2D eigenvalue weighted by Gasteiger charge is 2.28. The number of amides is 1. The van der Waals surface area contributed by atoms with Gasteiger partial charge in [-0.05, 0) is 53.6 Å². The largest absolute Gasteiger partial charge is 0.326 e. The zero-order valence-electron chi connectivity index (χ0n) is 15.8. The number of hydrogen-bond acceptors (Lipinski definition) is 6. The van der Waals surface area contributed by atoms with Crippen molar-refractivity contribution in [1.29, 1.82) is 0 Å². The number of carbonyl (C=O) groups excluding carboxylic acids is 1. The Morgan fingerprint density at radius 1 is 1.17 bits per heavy atom. The first kappa shape index (κ1) is 18.9. The van der Waals surface area contributed by atoms with Gasteiger partial charge in [-0.1, -0.05) is 29.8 Å². The van der Waals surface area contributed by atoms with Gasteiger partial charge >= 0.3 is 0 Å². The number of carbonyl (C=O) groups is 1. The summed E-state index contributed by atoms with van der Waals surface area (Å²) in [7, 11) is 0. The Labute approximate surface area is 181 Å². The van der Waals surface area contributed by atoms with Crippen LogP contribution in [0.25, 0.3) is 22.0 Å². The lowest BCUT2D eigenvalue weighted by atomic mass is 10.2. The standard InChI is InChI=1S/C21H17ClN6OS/c22-18-4-2-1-3-17(18)21-24-15(12-30-21)11-19(29)23-14-7-5-13(6-8-14)20-25-26-27-28(20)16-9-10-16/h1-8,12,16H,9-11H2,(H,23,29). The average molecular weight is 437 g/mol. The maximum Gasteiger partial charge on any atom is 0.230 e. The summed E-state index contributed by atoms with van der Waals surface area (Å²) in [4.78, 5) is 17.0. The first-order valence-corrected chi connectivity index (χ1v) is 10.8. The highest BCUT2D eigenvalue weighted by molar-refractivity contribution is 7.13. The molecule has 1 aliphatic rings. The van der Waals surface area contributed by atoms with Crippen LogP contribution >= 0.6 is 22.9 Å². The molecule has 9 heteroatoms. The first-order chi connectivity index (χ1) is 14.7. The lowest BCUT2D eigenvalue weighted by Gasteiger charge is -2.06. The van der Waals surface area contributed by atoms with Gasteiger partial charge in [0.15, 0.2) is 5.82 Å². The number of thiazole rings is 1. The van der Waals surface area contributed by atoms with Gasteiger partial charge in [0.2, 0.25) is 5.91 Å². The predicted molar refractivity (Wildman–Crippen MR) is 116 cm³/mol. The molecule has 1 N–H and O–H groups in total. The third-order valence-corrected chi connectivity index (χ3v) is 6.06. The molecule has 0 unspecified atom stereocenters. The Morgan fingerprint density at radius 3 is 2.73 bits per heavy atom. The molecule has 0 bridgehead atoms. The van der Waals surface area contributed by atoms with Crippen LogP contribution in [-0.2, 0) is 11.2 Å². The number of anilines is 1. The fourth-order valence-electron chi connectivity index (χ4n) is 3.17. The average Bonchev–Trinajstić information content (AvgIpc) is 3.29. The monoisotopic (exact) mass is 436 g/mol. The summed E-state index contributed by atoms with van der Waals surface area (Å²) in [5, 5.41) is 18.2. The van der Waals surface area contributed by atoms with Crippen LogP contribution in [0.4, 0.5) is 5.69 Å². The van der Waals surface area contributed by atoms with Crippen LogP contribution in [0.1, 0.15) is 24.6 Å². The number of halogens is 1. The summed E-state index contributed by atoms with van der Waals surface area (Å²) in [5.41, 5.74) is 3.23. The molecule has 2 heterocycles. The second-order valence-electron chi connectivity index (χ2n) is 7.10. The molecule has 1 aliphatic carbocycles. The molecule has 0 radical (unpaired) electrons. The van der Waals surface area contributed by atoms with Crippen LogP contribution in [0.2, 0.25) is 5.02 Å². The summed E-state index contributed by atoms with van der Waals surface area (Å²) in [5.74, 6) is 0.631. The molecule has 1 fully saturated rings. The molecular weight excluding hydrogens is 420 g/mol. The van der Waals surface area contributed by atoms with Crippen LogP contribution in [0.5, 0.6) is 0 Å². The molecule has 2 aromatic carbocycles. The molecule has 2 aromatic heterocycles. The van der Waals surface area contributed by atoms with Crippen molar-refractivity contribution in [1.82, 2.24) is 25.2 Å². The van der Waals surface area contributed by atoms with E-state index in [1.54, 1.807) is 0 Å². The van der Waals surface area contributed by atoms with E-state index in [2.05, 4.69) is 25.8 Å². The van der Waals surface area contributed by atoms with E-state index in [1.807, 2.05) is 58.6 Å². The van der Waals surface area contributed by atoms with Crippen molar-refractivity contribution in [2.75, 3.05) is 5.32 Å². The third-order valence-electron chi connectivity index (χ3n) is 4.81. The van der Waals surface area contributed by atoms with Crippen molar-refractivity contribution in [3.63, 3.8) is 0 Å². The van der Waals surface area contributed by atoms with Crippen molar-refractivity contribution in [2.45, 2.75) is 25.3 Å². The number of nitrogens with zero attached hydrogens (tertiary/aromatic N) is 5. The van der Waals surface area contributed by atoms with Gasteiger partial charge in [0.1, 0.15) is 5.01 Å². The molecule has 30 heavy (non-hydrogen) atoms. The minimum atomic E-state index is -0.124. The molecule has 0 atom stereocenters. The lowest BCUT2D eigenvalue weighted by Crippen LogP contribution is -2.14. The maximum absolute atomic E-state index is 12.5. The van der Waals surface area contributed by atoms with Gasteiger partial charge in [-0.15, -0.1) is 16.4 Å². The zero-order valence-corrected chi connectivity index (χ0v) is 17.4. The van der Waals surface area contributed by atoms with E-state index in [-0.39, 0.29) is 12.3 Å². The minimum Gasteiger partial charge on any atom is -0.326 e. The van der Waals surface area contributed by atoms with E-state index < -0.39 is 0 Å². The molecular formula is C21H17ClN6OS. The third kappa shape index (κ3) is 3.96. The van der Waals surface area contributed by atoms with Crippen LogP contribution < -0.4 is 5.32 Å². The topological polar surface area (TPSA) is 85.6 Å². The molecule has 1 amide bonds. The van der Waals surface area contributed by atoms with Gasteiger partial charge in [-0.3, -0.25) is 4.79 Å². The Hall–Kier alpha value is -3.10. The van der Waals surface area contributed by atoms with Crippen molar-refractivity contribution < 1.29 is 4.79 Å². The minimum absolute atomic E-state index is 0.124. The first-order valence-electron chi connectivity index (χ1n) is 9.55. The molecule has 7 nitrogen and oxygen atoms in total. The van der Waals surface area contributed by atoms with Crippen molar-refractivity contribution in [3.05, 3.63) is 64.6 Å². The van der Waals surface area contributed by atoms with Crippen LogP contribution in [0.15, 0.2) is 53.9 Å². The van der Waals surface area contributed by atoms with Gasteiger partial charge in [0, 0.05) is 22.2 Å². The quantitative estimate of drug-likeness (QED) is 0.476. The van der Waals surface area contributed by atoms with Gasteiger partial charge in [0.05, 0.1) is 23.2 Å². The zero-order chi connectivity index (χ0) is 20.5. The molecule has 1 saturated carbocycles. The Balaban J connectivity index is 1.24. The van der Waals surface area contributed by atoms with Gasteiger partial charge in [0.25, 0.3) is 0 Å². The number of benzene rings is 2. The lowest BCUT2D eigenvalue weighted by molar-refractivity contribution is -0.115. The summed E-state index contributed by atoms with van der Waals surface area (Å²) in [6, 6.07) is 15.5. The van der Waals surface area contributed by atoms with Crippen LogP contribution in [-0.4, -0.2) is 31.1 Å². The van der Waals surface area contributed by atoms with E-state index >= 15 is 0 Å². The number of nitrogens with one attached hydrogen (secondary N) is 1. The Kier molecular flexibility index (Phi) is 5.02. The van der Waals surface area contributed by atoms with Crippen LogP contribution in [0, 0.1) is 0 Å². The number of aromatic nitrogens is 5. The van der Waals surface area contributed by atoms with Crippen LogP contribution in [0.3, 0.4) is 0 Å². The van der Waals surface area contributed by atoms with E-state index in [4.69, 9.17) is 11.6 Å². The van der Waals surface area contributed by atoms with Crippen molar-refractivity contribution in [3.8, 4) is 22.0 Å². The highest BCUT2D eigenvalue weighted by Crippen LogP contribution is 2.36. The number of tetrazole rings is 1. The molecule has 0 aliphatic heterocycles. The molecule has 4 aromatic rings. The van der Waals surface area contributed by atoms with Gasteiger partial charge in [-0.25, -0.2) is 9.67 Å². The summed E-state index contributed by atoms with van der Waals surface area (Å²) >= 11 is 7.71. The fraction of sp³-hybridized carbons (Fsp3) is 0.190. The second kappa shape index (κ2) is 7.97. The molecule has 0 saturated heterocycles. The SMILES string of the molecule is O=C(Cc1csc(-c2ccccc2Cl)n1)Nc1ccc(-c2nnnn2C2CC2)cc1. The molecule has 0 spiro atoms. The normalized spacial score (nSPS) is 13.4. The van der Waals surface area contributed by atoms with E-state index in [1.165, 1.54) is 11.3 Å². The van der Waals surface area contributed by atoms with Crippen molar-refractivity contribution >= 4 is 34.5 Å². The Morgan fingerprint density at radius 2 is 1.97 bits per heavy atom. The molecule has 150 valence electrons. The van der Waals surface area contributed by atoms with Gasteiger partial charge < -0.3 is 5.32 Å². The van der Waals surface area contributed by atoms with E-state index in [9.17, 15) is 4.79 Å². The highest BCUT2D eigenvalue weighted by atomic mass is 35.5. The van der Waals surface area contributed by atoms with Gasteiger partial charge in [-0.2, -0.15) is 0 Å². The fourth-order valence-corrected chi connectivity index (χ4v) is 4.31. The van der Waals surface area contributed by atoms with E-state index in [0.717, 1.165) is 40.5 Å². The summed E-state index contributed by atoms with van der Waals surface area (Å²) in [6.07, 6.45) is 2.42. The summed E-state index contributed by atoms with van der Waals surface area (Å²) in [6.45, 7) is 0. The smallest absolute Gasteiger partial charge is 0.230 e. The predicted octanol–water partition coefficient (Wildman–Crippen LogP) is 4.63. The van der Waals surface area contributed by atoms with E-state index in [0.29, 0.717) is 16.8 Å². The Bertz CT molecular complexity index is 1200. The number of hydrogen-bond donors (Lipinski definition) is 1.